The van der Waals surface area contributed by atoms with Gasteiger partial charge in [-0.25, -0.2) is 8.42 Å². The van der Waals surface area contributed by atoms with Crippen LogP contribution in [-0.2, 0) is 24.3 Å². The van der Waals surface area contributed by atoms with Crippen molar-refractivity contribution in [3.8, 4) is 11.5 Å². The third kappa shape index (κ3) is 5.13. The molecular weight excluding hydrogens is 512 g/mol. The minimum Gasteiger partial charge on any atom is -0.507 e. The van der Waals surface area contributed by atoms with E-state index < -0.39 is 33.5 Å². The van der Waals surface area contributed by atoms with Crippen LogP contribution in [0.15, 0.2) is 52.9 Å². The second-order valence-corrected chi connectivity index (χ2v) is 11.0. The van der Waals surface area contributed by atoms with Crippen LogP contribution in [-0.4, -0.2) is 82.0 Å². The van der Waals surface area contributed by atoms with Crippen LogP contribution in [0.5, 0.6) is 11.5 Å². The van der Waals surface area contributed by atoms with Gasteiger partial charge in [-0.3, -0.25) is 9.59 Å². The van der Waals surface area contributed by atoms with Gasteiger partial charge in [-0.2, -0.15) is 4.31 Å². The number of aliphatic hydroxyl groups excluding tert-OH is 1. The van der Waals surface area contributed by atoms with Crippen LogP contribution in [0.3, 0.4) is 0 Å². The Morgan fingerprint density at radius 1 is 0.947 bits per heavy atom. The average Bonchev–Trinajstić information content (AvgIpc) is 3.20. The molecule has 1 N–H and O–H groups in total. The van der Waals surface area contributed by atoms with Crippen molar-refractivity contribution in [1.29, 1.82) is 0 Å². The van der Waals surface area contributed by atoms with Crippen LogP contribution in [0, 0.1) is 0 Å². The summed E-state index contributed by atoms with van der Waals surface area (Å²) >= 11 is 0. The molecule has 1 unspecified atom stereocenters. The van der Waals surface area contributed by atoms with Crippen LogP contribution in [0.2, 0.25) is 0 Å². The number of sulfonamides is 1. The van der Waals surface area contributed by atoms with E-state index in [1.807, 2.05) is 0 Å². The number of hydrogen-bond acceptors (Lipinski definition) is 8. The monoisotopic (exact) mass is 544 g/mol. The quantitative estimate of drug-likeness (QED) is 0.291. The van der Waals surface area contributed by atoms with E-state index in [4.69, 9.17) is 14.2 Å². The molecular formula is C27H32N2O8S. The molecule has 4 rings (SSSR count). The van der Waals surface area contributed by atoms with Gasteiger partial charge in [0.15, 0.2) is 11.5 Å². The first-order valence-electron chi connectivity index (χ1n) is 12.3. The van der Waals surface area contributed by atoms with Gasteiger partial charge >= 0.3 is 0 Å². The molecule has 2 aliphatic rings. The molecule has 2 saturated heterocycles. The van der Waals surface area contributed by atoms with Gasteiger partial charge in [-0.15, -0.1) is 0 Å². The minimum absolute atomic E-state index is 0.105. The maximum atomic E-state index is 13.2. The normalized spacial score (nSPS) is 20.1. The van der Waals surface area contributed by atoms with Crippen molar-refractivity contribution >= 4 is 27.5 Å². The number of ketones is 1. The summed E-state index contributed by atoms with van der Waals surface area (Å²) < 4.78 is 43.4. The minimum atomic E-state index is -3.66. The van der Waals surface area contributed by atoms with Crippen LogP contribution >= 0.6 is 0 Å². The SMILES string of the molecule is COCCN1C(=O)C(=O)C(=C(O)c2ccc(S(=O)(=O)N3CCCCC3)cc2)C1c1ccc(OC)c(OC)c1. The molecule has 0 saturated carbocycles. The smallest absolute Gasteiger partial charge is 0.295 e. The number of Topliss-reactive ketones (excluding diaryl/α,β-unsaturated/α-hetero) is 1. The predicted octanol–water partition coefficient (Wildman–Crippen LogP) is 2.95. The summed E-state index contributed by atoms with van der Waals surface area (Å²) in [6, 6.07) is 9.79. The third-order valence-corrected chi connectivity index (χ3v) is 8.79. The summed E-state index contributed by atoms with van der Waals surface area (Å²) in [5.74, 6) is -1.15. The molecule has 2 aliphatic heterocycles. The fourth-order valence-electron chi connectivity index (χ4n) is 4.86. The number of hydrogen-bond donors (Lipinski definition) is 1. The predicted molar refractivity (Wildman–Crippen MR) is 139 cm³/mol. The molecule has 2 aromatic carbocycles. The molecule has 204 valence electrons. The van der Waals surface area contributed by atoms with Gasteiger partial charge in [0.05, 0.1) is 37.3 Å². The summed E-state index contributed by atoms with van der Waals surface area (Å²) in [7, 11) is 0.797. The molecule has 1 atom stereocenters. The number of methoxy groups -OCH3 is 3. The highest BCUT2D eigenvalue weighted by Gasteiger charge is 2.46. The van der Waals surface area contributed by atoms with E-state index in [1.54, 1.807) is 18.2 Å². The number of likely N-dealkylation sites (tertiary alicyclic amines) is 1. The van der Waals surface area contributed by atoms with Gasteiger partial charge in [0.25, 0.3) is 11.7 Å². The zero-order valence-corrected chi connectivity index (χ0v) is 22.5. The fourth-order valence-corrected chi connectivity index (χ4v) is 6.38. The molecule has 0 spiro atoms. The summed E-state index contributed by atoms with van der Waals surface area (Å²) in [5, 5.41) is 11.3. The Hall–Kier alpha value is -3.41. The van der Waals surface area contributed by atoms with E-state index in [1.165, 1.54) is 54.8 Å². The Kier molecular flexibility index (Phi) is 8.39. The number of piperidine rings is 1. The Bertz CT molecular complexity index is 1330. The molecule has 11 heteroatoms. The van der Waals surface area contributed by atoms with E-state index in [2.05, 4.69) is 0 Å². The Balaban J connectivity index is 1.77. The van der Waals surface area contributed by atoms with E-state index >= 15 is 0 Å². The number of benzene rings is 2. The van der Waals surface area contributed by atoms with E-state index in [9.17, 15) is 23.1 Å². The van der Waals surface area contributed by atoms with E-state index in [0.717, 1.165) is 19.3 Å². The van der Waals surface area contributed by atoms with Gasteiger partial charge in [-0.1, -0.05) is 12.5 Å². The van der Waals surface area contributed by atoms with Crippen molar-refractivity contribution in [2.24, 2.45) is 0 Å². The van der Waals surface area contributed by atoms with Gasteiger partial charge in [0, 0.05) is 32.3 Å². The van der Waals surface area contributed by atoms with Crippen LogP contribution < -0.4 is 9.47 Å². The highest BCUT2D eigenvalue weighted by Crippen LogP contribution is 2.42. The zero-order chi connectivity index (χ0) is 27.4. The van der Waals surface area contributed by atoms with Crippen molar-refractivity contribution in [1.82, 2.24) is 9.21 Å². The van der Waals surface area contributed by atoms with Gasteiger partial charge in [0.2, 0.25) is 10.0 Å². The number of ether oxygens (including phenoxy) is 3. The highest BCUT2D eigenvalue weighted by molar-refractivity contribution is 7.89. The Morgan fingerprint density at radius 3 is 2.21 bits per heavy atom. The first kappa shape index (κ1) is 27.6. The number of carbonyl (C=O) groups is 2. The Morgan fingerprint density at radius 2 is 1.61 bits per heavy atom. The van der Waals surface area contributed by atoms with Crippen molar-refractivity contribution in [2.45, 2.75) is 30.2 Å². The number of rotatable bonds is 9. The van der Waals surface area contributed by atoms with Gasteiger partial charge in [0.1, 0.15) is 5.76 Å². The number of aliphatic hydroxyl groups is 1. The molecule has 38 heavy (non-hydrogen) atoms. The lowest BCUT2D eigenvalue weighted by Crippen LogP contribution is -2.35. The molecule has 0 bridgehead atoms. The lowest BCUT2D eigenvalue weighted by Gasteiger charge is -2.26. The maximum Gasteiger partial charge on any atom is 0.295 e. The average molecular weight is 545 g/mol. The number of amides is 1. The number of carbonyl (C=O) groups excluding carboxylic acids is 2. The van der Waals surface area contributed by atoms with Crippen molar-refractivity contribution in [3.63, 3.8) is 0 Å². The van der Waals surface area contributed by atoms with Gasteiger partial charge in [-0.05, 0) is 54.8 Å². The van der Waals surface area contributed by atoms with Gasteiger partial charge < -0.3 is 24.2 Å². The molecule has 2 heterocycles. The lowest BCUT2D eigenvalue weighted by atomic mass is 9.95. The lowest BCUT2D eigenvalue weighted by molar-refractivity contribution is -0.140. The molecule has 2 aromatic rings. The second-order valence-electron chi connectivity index (χ2n) is 9.09. The standard InChI is InChI=1S/C27H32N2O8S/c1-35-16-15-29-24(19-9-12-21(36-2)22(17-19)37-3)23(26(31)27(29)32)25(30)18-7-10-20(11-8-18)38(33,34)28-13-5-4-6-14-28/h7-12,17,24,30H,4-6,13-16H2,1-3H3. The third-order valence-electron chi connectivity index (χ3n) is 6.88. The molecule has 0 aromatic heterocycles. The summed E-state index contributed by atoms with van der Waals surface area (Å²) in [6.07, 6.45) is 2.64. The first-order valence-corrected chi connectivity index (χ1v) is 13.8. The van der Waals surface area contributed by atoms with Crippen LogP contribution in [0.25, 0.3) is 5.76 Å². The van der Waals surface area contributed by atoms with Crippen LogP contribution in [0.4, 0.5) is 0 Å². The van der Waals surface area contributed by atoms with Crippen molar-refractivity contribution < 1.29 is 37.3 Å². The summed E-state index contributed by atoms with van der Waals surface area (Å²) in [6.45, 7) is 1.24. The zero-order valence-electron chi connectivity index (χ0n) is 21.7. The van der Waals surface area contributed by atoms with E-state index in [-0.39, 0.29) is 29.2 Å². The fraction of sp³-hybridized carbons (Fsp3) is 0.407. The molecule has 10 nitrogen and oxygen atoms in total. The molecule has 0 radical (unpaired) electrons. The summed E-state index contributed by atoms with van der Waals surface area (Å²) in [5.41, 5.74) is 0.645. The largest absolute Gasteiger partial charge is 0.507 e. The topological polar surface area (TPSA) is 123 Å². The van der Waals surface area contributed by atoms with Crippen LogP contribution in [0.1, 0.15) is 36.4 Å². The van der Waals surface area contributed by atoms with Crippen molar-refractivity contribution in [3.05, 3.63) is 59.2 Å². The molecule has 0 aliphatic carbocycles. The molecule has 2 fully saturated rings. The molecule has 1 amide bonds. The summed E-state index contributed by atoms with van der Waals surface area (Å²) in [4.78, 5) is 27.6. The first-order chi connectivity index (χ1) is 18.2. The second kappa shape index (κ2) is 11.5. The Labute approximate surface area is 222 Å². The highest BCUT2D eigenvalue weighted by atomic mass is 32.2. The van der Waals surface area contributed by atoms with Crippen molar-refractivity contribution in [2.75, 3.05) is 47.6 Å². The maximum absolute atomic E-state index is 13.2. The number of nitrogens with zero attached hydrogens (tertiary/aromatic N) is 2. The van der Waals surface area contributed by atoms with E-state index in [0.29, 0.717) is 30.2 Å².